The molecule has 2 N–H and O–H groups in total. The normalized spacial score (nSPS) is 14.1. The molecule has 2 rings (SSSR count). The summed E-state index contributed by atoms with van der Waals surface area (Å²) in [6, 6.07) is 1.55. The van der Waals surface area contributed by atoms with Gasteiger partial charge in [0.25, 0.3) is 0 Å². The molecular formula is C16H23N3O4. The maximum absolute atomic E-state index is 12.0. The van der Waals surface area contributed by atoms with E-state index < -0.39 is 11.7 Å². The predicted octanol–water partition coefficient (Wildman–Crippen LogP) is 3.18. The third-order valence-corrected chi connectivity index (χ3v) is 2.98. The lowest BCUT2D eigenvalue weighted by Crippen LogP contribution is -2.27. The quantitative estimate of drug-likeness (QED) is 0.869. The van der Waals surface area contributed by atoms with Gasteiger partial charge in [0.15, 0.2) is 5.75 Å². The minimum absolute atomic E-state index is 0.243. The van der Waals surface area contributed by atoms with Crippen LogP contribution in [-0.4, -0.2) is 29.2 Å². The molecular weight excluding hydrogens is 298 g/mol. The van der Waals surface area contributed by atoms with E-state index in [0.717, 1.165) is 12.8 Å². The van der Waals surface area contributed by atoms with Gasteiger partial charge in [-0.1, -0.05) is 0 Å². The van der Waals surface area contributed by atoms with E-state index in [2.05, 4.69) is 15.6 Å². The Morgan fingerprint density at radius 1 is 1.30 bits per heavy atom. The fourth-order valence-corrected chi connectivity index (χ4v) is 1.81. The molecule has 1 aliphatic carbocycles. The van der Waals surface area contributed by atoms with Gasteiger partial charge in [0, 0.05) is 13.0 Å². The van der Waals surface area contributed by atoms with Crippen molar-refractivity contribution in [3.05, 3.63) is 12.3 Å². The van der Waals surface area contributed by atoms with E-state index in [9.17, 15) is 9.59 Å². The fourth-order valence-electron chi connectivity index (χ4n) is 1.81. The molecule has 1 heterocycles. The number of carbonyl (C=O) groups excluding carboxylic acids is 2. The van der Waals surface area contributed by atoms with Crippen LogP contribution in [0, 0.1) is 5.92 Å². The van der Waals surface area contributed by atoms with Crippen molar-refractivity contribution in [3.8, 4) is 5.75 Å². The first-order valence-corrected chi connectivity index (χ1v) is 7.63. The topological polar surface area (TPSA) is 89.6 Å². The van der Waals surface area contributed by atoms with E-state index in [-0.39, 0.29) is 5.91 Å². The molecule has 0 spiro atoms. The second-order valence-electron chi connectivity index (χ2n) is 6.63. The number of carbonyl (C=O) groups is 2. The van der Waals surface area contributed by atoms with Gasteiger partial charge in [0.05, 0.1) is 18.5 Å². The van der Waals surface area contributed by atoms with Crippen LogP contribution in [0.2, 0.25) is 0 Å². The number of hydrogen-bond acceptors (Lipinski definition) is 5. The van der Waals surface area contributed by atoms with Gasteiger partial charge in [-0.25, -0.2) is 9.78 Å². The second kappa shape index (κ2) is 6.85. The number of amides is 2. The van der Waals surface area contributed by atoms with E-state index in [0.29, 0.717) is 29.8 Å². The fraction of sp³-hybridized carbons (Fsp3) is 0.562. The van der Waals surface area contributed by atoms with Crippen LogP contribution in [0.1, 0.15) is 40.5 Å². The molecule has 1 fully saturated rings. The third kappa shape index (κ3) is 6.14. The Morgan fingerprint density at radius 3 is 2.57 bits per heavy atom. The average molecular weight is 321 g/mol. The van der Waals surface area contributed by atoms with Crippen molar-refractivity contribution in [2.24, 2.45) is 5.92 Å². The number of anilines is 2. The number of nitrogens with one attached hydrogen (secondary N) is 2. The highest BCUT2D eigenvalue weighted by molar-refractivity contribution is 5.91. The van der Waals surface area contributed by atoms with Crippen LogP contribution in [0.3, 0.4) is 0 Å². The maximum atomic E-state index is 12.0. The lowest BCUT2D eigenvalue weighted by atomic mass is 10.2. The molecule has 7 nitrogen and oxygen atoms in total. The van der Waals surface area contributed by atoms with Gasteiger partial charge in [-0.2, -0.15) is 0 Å². The number of nitrogens with zero attached hydrogens (tertiary/aromatic N) is 1. The Balaban J connectivity index is 2.12. The van der Waals surface area contributed by atoms with E-state index in [1.54, 1.807) is 26.8 Å². The molecule has 0 atom stereocenters. The van der Waals surface area contributed by atoms with Gasteiger partial charge in [-0.3, -0.25) is 10.1 Å². The van der Waals surface area contributed by atoms with Crippen LogP contribution in [-0.2, 0) is 9.53 Å². The number of aromatic nitrogens is 1. The minimum atomic E-state index is -0.605. The molecule has 0 aromatic carbocycles. The number of rotatable bonds is 5. The molecule has 2 amide bonds. The zero-order chi connectivity index (χ0) is 17.0. The van der Waals surface area contributed by atoms with Crippen molar-refractivity contribution in [1.29, 1.82) is 0 Å². The zero-order valence-electron chi connectivity index (χ0n) is 13.9. The van der Waals surface area contributed by atoms with E-state index in [1.165, 1.54) is 13.1 Å². The van der Waals surface area contributed by atoms with E-state index >= 15 is 0 Å². The monoisotopic (exact) mass is 321 g/mol. The highest BCUT2D eigenvalue weighted by Gasteiger charge is 2.23. The molecule has 0 saturated heterocycles. The van der Waals surface area contributed by atoms with Crippen LogP contribution in [0.5, 0.6) is 5.75 Å². The lowest BCUT2D eigenvalue weighted by Gasteiger charge is -2.20. The van der Waals surface area contributed by atoms with Gasteiger partial charge in [0.1, 0.15) is 11.4 Å². The Bertz CT molecular complexity index is 591. The van der Waals surface area contributed by atoms with Crippen LogP contribution >= 0.6 is 0 Å². The molecule has 0 bridgehead atoms. The van der Waals surface area contributed by atoms with Gasteiger partial charge in [0.2, 0.25) is 5.91 Å². The van der Waals surface area contributed by atoms with Crippen molar-refractivity contribution in [2.75, 3.05) is 17.2 Å². The summed E-state index contributed by atoms with van der Waals surface area (Å²) < 4.78 is 10.9. The summed E-state index contributed by atoms with van der Waals surface area (Å²) in [6.45, 7) is 7.33. The van der Waals surface area contributed by atoms with Crippen LogP contribution in [0.4, 0.5) is 16.3 Å². The van der Waals surface area contributed by atoms with E-state index in [1.807, 2.05) is 0 Å². The maximum Gasteiger partial charge on any atom is 0.412 e. The van der Waals surface area contributed by atoms with Gasteiger partial charge < -0.3 is 14.8 Å². The standard InChI is InChI=1S/C16H23N3O4/c1-10(20)18-14-7-12(19-15(21)23-16(2,3)4)13(8-17-14)22-9-11-5-6-11/h7-8,11H,5-6,9H2,1-4H3,(H2,17,18,19,20,21). The van der Waals surface area contributed by atoms with Crippen LogP contribution < -0.4 is 15.4 Å². The first-order valence-electron chi connectivity index (χ1n) is 7.63. The first kappa shape index (κ1) is 17.1. The first-order chi connectivity index (χ1) is 10.7. The van der Waals surface area contributed by atoms with Crippen molar-refractivity contribution >= 4 is 23.5 Å². The number of hydrogen-bond donors (Lipinski definition) is 2. The van der Waals surface area contributed by atoms with Crippen LogP contribution in [0.15, 0.2) is 12.3 Å². The summed E-state index contributed by atoms with van der Waals surface area (Å²) in [5.41, 5.74) is -0.189. The molecule has 0 radical (unpaired) electrons. The molecule has 1 aromatic rings. The van der Waals surface area contributed by atoms with Crippen molar-refractivity contribution in [1.82, 2.24) is 4.98 Å². The zero-order valence-corrected chi connectivity index (χ0v) is 13.9. The number of ether oxygens (including phenoxy) is 2. The average Bonchev–Trinajstić information content (AvgIpc) is 3.18. The molecule has 0 unspecified atom stereocenters. The van der Waals surface area contributed by atoms with Gasteiger partial charge >= 0.3 is 6.09 Å². The van der Waals surface area contributed by atoms with E-state index in [4.69, 9.17) is 9.47 Å². The Labute approximate surface area is 135 Å². The van der Waals surface area contributed by atoms with Crippen LogP contribution in [0.25, 0.3) is 0 Å². The minimum Gasteiger partial charge on any atom is -0.489 e. The number of pyridine rings is 1. The summed E-state index contributed by atoms with van der Waals surface area (Å²) in [5.74, 6) is 1.12. The molecule has 1 aromatic heterocycles. The highest BCUT2D eigenvalue weighted by Crippen LogP contribution is 2.32. The smallest absolute Gasteiger partial charge is 0.412 e. The largest absolute Gasteiger partial charge is 0.489 e. The molecule has 1 aliphatic rings. The Morgan fingerprint density at radius 2 is 2.00 bits per heavy atom. The van der Waals surface area contributed by atoms with Crippen molar-refractivity contribution < 1.29 is 19.1 Å². The third-order valence-electron chi connectivity index (χ3n) is 2.98. The summed E-state index contributed by atoms with van der Waals surface area (Å²) in [7, 11) is 0. The molecule has 126 valence electrons. The predicted molar refractivity (Wildman–Crippen MR) is 86.6 cm³/mol. The summed E-state index contributed by atoms with van der Waals surface area (Å²) in [4.78, 5) is 27.2. The second-order valence-corrected chi connectivity index (χ2v) is 6.63. The van der Waals surface area contributed by atoms with Gasteiger partial charge in [-0.15, -0.1) is 0 Å². The summed E-state index contributed by atoms with van der Waals surface area (Å²) in [5, 5.41) is 5.22. The summed E-state index contributed by atoms with van der Waals surface area (Å²) in [6.07, 6.45) is 3.22. The molecule has 7 heteroatoms. The Kier molecular flexibility index (Phi) is 5.08. The highest BCUT2D eigenvalue weighted by atomic mass is 16.6. The SMILES string of the molecule is CC(=O)Nc1cc(NC(=O)OC(C)(C)C)c(OCC2CC2)cn1. The Hall–Kier alpha value is -2.31. The van der Waals surface area contributed by atoms with Crippen molar-refractivity contribution in [2.45, 2.75) is 46.1 Å². The van der Waals surface area contributed by atoms with Crippen molar-refractivity contribution in [3.63, 3.8) is 0 Å². The lowest BCUT2D eigenvalue weighted by molar-refractivity contribution is -0.114. The molecule has 1 saturated carbocycles. The van der Waals surface area contributed by atoms with Gasteiger partial charge in [-0.05, 0) is 39.5 Å². The molecule has 23 heavy (non-hydrogen) atoms. The summed E-state index contributed by atoms with van der Waals surface area (Å²) >= 11 is 0. The molecule has 0 aliphatic heterocycles.